The second-order valence-corrected chi connectivity index (χ2v) is 5.62. The van der Waals surface area contributed by atoms with Gasteiger partial charge in [0.25, 0.3) is 0 Å². The summed E-state index contributed by atoms with van der Waals surface area (Å²) in [4.78, 5) is 4.41. The number of hydrogen-bond acceptors (Lipinski definition) is 2. The van der Waals surface area contributed by atoms with Crippen molar-refractivity contribution in [1.29, 1.82) is 0 Å². The van der Waals surface area contributed by atoms with Gasteiger partial charge in [-0.1, -0.05) is 18.2 Å². The Bertz CT molecular complexity index is 609. The summed E-state index contributed by atoms with van der Waals surface area (Å²) < 4.78 is 12.9. The van der Waals surface area contributed by atoms with Gasteiger partial charge in [0.05, 0.1) is 6.10 Å². The zero-order chi connectivity index (χ0) is 14.1. The Morgan fingerprint density at radius 3 is 2.80 bits per heavy atom. The molecule has 3 rings (SSSR count). The lowest BCUT2D eigenvalue weighted by Gasteiger charge is -2.29. The predicted octanol–water partition coefficient (Wildman–Crippen LogP) is 3.37. The van der Waals surface area contributed by atoms with E-state index in [4.69, 9.17) is 0 Å². The van der Waals surface area contributed by atoms with Crippen LogP contribution < -0.4 is 0 Å². The number of pyridine rings is 1. The van der Waals surface area contributed by atoms with Gasteiger partial charge in [-0.3, -0.25) is 4.98 Å². The third-order valence-corrected chi connectivity index (χ3v) is 4.07. The molecule has 1 aromatic heterocycles. The minimum Gasteiger partial charge on any atom is -0.388 e. The number of aryl methyl sites for hydroxylation is 2. The van der Waals surface area contributed by atoms with Gasteiger partial charge in [-0.05, 0) is 55.4 Å². The molecule has 0 aliphatic heterocycles. The number of nitrogens with zero attached hydrogens (tertiary/aromatic N) is 1. The van der Waals surface area contributed by atoms with E-state index in [1.807, 2.05) is 19.2 Å². The molecule has 1 N–H and O–H groups in total. The molecule has 104 valence electrons. The highest BCUT2D eigenvalue weighted by atomic mass is 19.1. The summed E-state index contributed by atoms with van der Waals surface area (Å²) in [5.74, 6) is -0.0420. The molecule has 0 saturated heterocycles. The highest BCUT2D eigenvalue weighted by Crippen LogP contribution is 2.35. The monoisotopic (exact) mass is 271 g/mol. The normalized spacial score (nSPS) is 21.6. The molecule has 1 aliphatic carbocycles. The van der Waals surface area contributed by atoms with Crippen LogP contribution in [0.2, 0.25) is 0 Å². The molecule has 20 heavy (non-hydrogen) atoms. The van der Waals surface area contributed by atoms with Gasteiger partial charge in [0, 0.05) is 17.5 Å². The lowest BCUT2D eigenvalue weighted by Crippen LogP contribution is -2.23. The largest absolute Gasteiger partial charge is 0.388 e. The Kier molecular flexibility index (Phi) is 3.53. The van der Waals surface area contributed by atoms with Crippen LogP contribution in [0.5, 0.6) is 0 Å². The topological polar surface area (TPSA) is 33.1 Å². The fraction of sp³-hybridized carbons (Fsp3) is 0.353. The number of rotatable bonds is 2. The smallest absolute Gasteiger partial charge is 0.123 e. The molecular weight excluding hydrogens is 253 g/mol. The van der Waals surface area contributed by atoms with Crippen LogP contribution in [0, 0.1) is 18.7 Å². The molecule has 0 bridgehead atoms. The van der Waals surface area contributed by atoms with Gasteiger partial charge in [-0.15, -0.1) is 0 Å². The number of aliphatic hydroxyl groups is 1. The van der Waals surface area contributed by atoms with Crippen LogP contribution in [0.4, 0.5) is 4.39 Å². The van der Waals surface area contributed by atoms with Gasteiger partial charge in [-0.2, -0.15) is 0 Å². The number of benzene rings is 1. The van der Waals surface area contributed by atoms with Crippen molar-refractivity contribution in [1.82, 2.24) is 4.98 Å². The minimum absolute atomic E-state index is 0.177. The van der Waals surface area contributed by atoms with E-state index in [2.05, 4.69) is 4.98 Å². The first-order valence-electron chi connectivity index (χ1n) is 7.01. The standard InChI is InChI=1S/C17H18FNO/c1-11-8-15-16(19-10-11)7-4-13(17(15)20)9-12-2-5-14(18)6-3-12/h2-3,5-6,8,10,13,17,20H,4,7,9H2,1H3. The predicted molar refractivity (Wildman–Crippen MR) is 75.8 cm³/mol. The van der Waals surface area contributed by atoms with Gasteiger partial charge in [0.2, 0.25) is 0 Å². The van der Waals surface area contributed by atoms with Crippen molar-refractivity contribution < 1.29 is 9.50 Å². The van der Waals surface area contributed by atoms with Gasteiger partial charge in [0.1, 0.15) is 5.82 Å². The van der Waals surface area contributed by atoms with Gasteiger partial charge in [0.15, 0.2) is 0 Å². The van der Waals surface area contributed by atoms with E-state index in [0.717, 1.165) is 41.6 Å². The number of hydrogen-bond donors (Lipinski definition) is 1. The zero-order valence-electron chi connectivity index (χ0n) is 11.5. The molecule has 0 radical (unpaired) electrons. The van der Waals surface area contributed by atoms with Crippen LogP contribution in [0.15, 0.2) is 36.5 Å². The van der Waals surface area contributed by atoms with E-state index in [9.17, 15) is 9.50 Å². The van der Waals surface area contributed by atoms with Crippen molar-refractivity contribution in [2.45, 2.75) is 32.3 Å². The van der Waals surface area contributed by atoms with Crippen molar-refractivity contribution in [2.24, 2.45) is 5.92 Å². The highest BCUT2D eigenvalue weighted by molar-refractivity contribution is 5.30. The Morgan fingerprint density at radius 2 is 2.05 bits per heavy atom. The summed E-state index contributed by atoms with van der Waals surface area (Å²) in [7, 11) is 0. The molecule has 2 nitrogen and oxygen atoms in total. The van der Waals surface area contributed by atoms with Crippen LogP contribution in [0.1, 0.15) is 34.9 Å². The summed E-state index contributed by atoms with van der Waals surface area (Å²) in [6.07, 6.45) is 3.97. The van der Waals surface area contributed by atoms with Crippen LogP contribution in [-0.2, 0) is 12.8 Å². The van der Waals surface area contributed by atoms with Gasteiger partial charge in [-0.25, -0.2) is 4.39 Å². The van der Waals surface area contributed by atoms with Crippen molar-refractivity contribution in [3.8, 4) is 0 Å². The summed E-state index contributed by atoms with van der Waals surface area (Å²) in [5.41, 5.74) is 4.12. The Morgan fingerprint density at radius 1 is 1.30 bits per heavy atom. The third-order valence-electron chi connectivity index (χ3n) is 4.07. The molecule has 3 heteroatoms. The average Bonchev–Trinajstić information content (AvgIpc) is 2.45. The number of halogens is 1. The van der Waals surface area contributed by atoms with E-state index >= 15 is 0 Å². The first kappa shape index (κ1) is 13.3. The third kappa shape index (κ3) is 2.59. The molecule has 0 spiro atoms. The molecular formula is C17H18FNO. The van der Waals surface area contributed by atoms with E-state index in [0.29, 0.717) is 0 Å². The zero-order valence-corrected chi connectivity index (χ0v) is 11.5. The number of aromatic nitrogens is 1. The molecule has 2 atom stereocenters. The van der Waals surface area contributed by atoms with E-state index in [-0.39, 0.29) is 11.7 Å². The van der Waals surface area contributed by atoms with E-state index in [1.54, 1.807) is 12.1 Å². The molecule has 0 fully saturated rings. The first-order valence-corrected chi connectivity index (χ1v) is 7.01. The lowest BCUT2D eigenvalue weighted by molar-refractivity contribution is 0.0925. The average molecular weight is 271 g/mol. The van der Waals surface area contributed by atoms with E-state index in [1.165, 1.54) is 12.1 Å². The summed E-state index contributed by atoms with van der Waals surface area (Å²) in [6.45, 7) is 1.99. The van der Waals surface area contributed by atoms with Crippen molar-refractivity contribution in [3.05, 3.63) is 64.7 Å². The Labute approximate surface area is 118 Å². The molecule has 0 amide bonds. The maximum atomic E-state index is 12.9. The second-order valence-electron chi connectivity index (χ2n) is 5.62. The summed E-state index contributed by atoms with van der Waals surface area (Å²) >= 11 is 0. The van der Waals surface area contributed by atoms with Gasteiger partial charge < -0.3 is 5.11 Å². The quantitative estimate of drug-likeness (QED) is 0.908. The van der Waals surface area contributed by atoms with Gasteiger partial charge >= 0.3 is 0 Å². The molecule has 2 aromatic rings. The fourth-order valence-electron chi connectivity index (χ4n) is 2.96. The fourth-order valence-corrected chi connectivity index (χ4v) is 2.96. The van der Waals surface area contributed by atoms with Crippen molar-refractivity contribution in [2.75, 3.05) is 0 Å². The first-order chi connectivity index (χ1) is 9.63. The Balaban J connectivity index is 1.81. The van der Waals surface area contributed by atoms with Crippen LogP contribution in [-0.4, -0.2) is 10.1 Å². The summed E-state index contributed by atoms with van der Waals surface area (Å²) in [5, 5.41) is 10.5. The van der Waals surface area contributed by atoms with Crippen molar-refractivity contribution >= 4 is 0 Å². The molecule has 1 heterocycles. The minimum atomic E-state index is -0.476. The van der Waals surface area contributed by atoms with Crippen LogP contribution in [0.3, 0.4) is 0 Å². The molecule has 1 aromatic carbocycles. The van der Waals surface area contributed by atoms with Crippen LogP contribution in [0.25, 0.3) is 0 Å². The molecule has 1 aliphatic rings. The van der Waals surface area contributed by atoms with Crippen LogP contribution >= 0.6 is 0 Å². The van der Waals surface area contributed by atoms with E-state index < -0.39 is 6.10 Å². The maximum Gasteiger partial charge on any atom is 0.123 e. The molecule has 2 unspecified atom stereocenters. The Hall–Kier alpha value is -1.74. The lowest BCUT2D eigenvalue weighted by atomic mass is 9.80. The summed E-state index contributed by atoms with van der Waals surface area (Å²) in [6, 6.07) is 8.58. The van der Waals surface area contributed by atoms with Crippen molar-refractivity contribution in [3.63, 3.8) is 0 Å². The number of aliphatic hydroxyl groups excluding tert-OH is 1. The maximum absolute atomic E-state index is 12.9. The molecule has 0 saturated carbocycles. The number of fused-ring (bicyclic) bond motifs is 1. The highest BCUT2D eigenvalue weighted by Gasteiger charge is 2.28. The second kappa shape index (κ2) is 5.33. The SMILES string of the molecule is Cc1cnc2c(c1)C(O)C(Cc1ccc(F)cc1)CC2.